The number of carbonyl (C=O) groups is 3. The molecule has 9 heteroatoms. The SMILES string of the molecule is COc1ccc(N2CCN(CCNC(=O)C(=O)Nc3cccc(NC(C)=O)c3)CC2)cc1. The van der Waals surface area contributed by atoms with E-state index in [9.17, 15) is 14.4 Å². The Balaban J connectivity index is 1.37. The molecule has 0 radical (unpaired) electrons. The van der Waals surface area contributed by atoms with Gasteiger partial charge in [-0.25, -0.2) is 0 Å². The molecular formula is C23H29N5O4. The van der Waals surface area contributed by atoms with Crippen LogP contribution in [0.25, 0.3) is 0 Å². The maximum atomic E-state index is 12.1. The van der Waals surface area contributed by atoms with Crippen molar-refractivity contribution in [1.82, 2.24) is 10.2 Å². The van der Waals surface area contributed by atoms with Gasteiger partial charge in [0.25, 0.3) is 0 Å². The van der Waals surface area contributed by atoms with Crippen LogP contribution in [0.15, 0.2) is 48.5 Å². The Kier molecular flexibility index (Phi) is 8.04. The number of ether oxygens (including phenoxy) is 1. The molecule has 3 N–H and O–H groups in total. The van der Waals surface area contributed by atoms with Crippen LogP contribution in [0.2, 0.25) is 0 Å². The van der Waals surface area contributed by atoms with Gasteiger partial charge in [-0.3, -0.25) is 19.3 Å². The molecule has 0 saturated carbocycles. The van der Waals surface area contributed by atoms with Gasteiger partial charge in [0.2, 0.25) is 5.91 Å². The van der Waals surface area contributed by atoms with Gasteiger partial charge in [-0.1, -0.05) is 6.07 Å². The number of carbonyl (C=O) groups excluding carboxylic acids is 3. The third-order valence-corrected chi connectivity index (χ3v) is 5.17. The Hall–Kier alpha value is -3.59. The van der Waals surface area contributed by atoms with Crippen molar-refractivity contribution in [3.63, 3.8) is 0 Å². The zero-order valence-electron chi connectivity index (χ0n) is 18.4. The molecule has 9 nitrogen and oxygen atoms in total. The molecule has 3 amide bonds. The molecule has 0 atom stereocenters. The first-order valence-corrected chi connectivity index (χ1v) is 10.5. The van der Waals surface area contributed by atoms with Crippen LogP contribution in [0.3, 0.4) is 0 Å². The van der Waals surface area contributed by atoms with Crippen LogP contribution >= 0.6 is 0 Å². The van der Waals surface area contributed by atoms with Crippen molar-refractivity contribution < 1.29 is 19.1 Å². The van der Waals surface area contributed by atoms with Crippen LogP contribution in [0.1, 0.15) is 6.92 Å². The minimum Gasteiger partial charge on any atom is -0.497 e. The minimum atomic E-state index is -0.741. The highest BCUT2D eigenvalue weighted by Gasteiger charge is 2.18. The summed E-state index contributed by atoms with van der Waals surface area (Å²) in [7, 11) is 1.65. The Morgan fingerprint density at radius 2 is 1.56 bits per heavy atom. The van der Waals surface area contributed by atoms with Gasteiger partial charge in [-0.2, -0.15) is 0 Å². The number of piperazine rings is 1. The number of nitrogens with one attached hydrogen (secondary N) is 3. The largest absolute Gasteiger partial charge is 0.497 e. The van der Waals surface area contributed by atoms with E-state index in [0.717, 1.165) is 37.6 Å². The lowest BCUT2D eigenvalue weighted by atomic mass is 10.2. The second-order valence-electron chi connectivity index (χ2n) is 7.50. The number of hydrogen-bond acceptors (Lipinski definition) is 6. The van der Waals surface area contributed by atoms with E-state index in [0.29, 0.717) is 24.5 Å². The summed E-state index contributed by atoms with van der Waals surface area (Å²) in [4.78, 5) is 40.0. The molecule has 170 valence electrons. The number of rotatable bonds is 7. The Morgan fingerprint density at radius 1 is 0.906 bits per heavy atom. The zero-order chi connectivity index (χ0) is 22.9. The highest BCUT2D eigenvalue weighted by molar-refractivity contribution is 6.39. The zero-order valence-corrected chi connectivity index (χ0v) is 18.4. The first-order valence-electron chi connectivity index (χ1n) is 10.5. The molecule has 0 bridgehead atoms. The predicted molar refractivity (Wildman–Crippen MR) is 124 cm³/mol. The molecule has 1 heterocycles. The lowest BCUT2D eigenvalue weighted by molar-refractivity contribution is -0.136. The van der Waals surface area contributed by atoms with Crippen LogP contribution in [0, 0.1) is 0 Å². The summed E-state index contributed by atoms with van der Waals surface area (Å²) < 4.78 is 5.20. The molecule has 1 fully saturated rings. The fourth-order valence-electron chi connectivity index (χ4n) is 3.50. The molecule has 2 aromatic carbocycles. The molecule has 1 saturated heterocycles. The van der Waals surface area contributed by atoms with Gasteiger partial charge in [-0.05, 0) is 42.5 Å². The summed E-state index contributed by atoms with van der Waals surface area (Å²) in [6.45, 7) is 6.01. The minimum absolute atomic E-state index is 0.212. The molecule has 3 rings (SSSR count). The summed E-state index contributed by atoms with van der Waals surface area (Å²) in [5.41, 5.74) is 2.15. The summed E-state index contributed by atoms with van der Waals surface area (Å²) in [6.07, 6.45) is 0. The number of hydrogen-bond donors (Lipinski definition) is 3. The number of anilines is 3. The van der Waals surface area contributed by atoms with Gasteiger partial charge in [0.15, 0.2) is 0 Å². The van der Waals surface area contributed by atoms with Crippen molar-refractivity contribution in [2.24, 2.45) is 0 Å². The van der Waals surface area contributed by atoms with Gasteiger partial charge in [-0.15, -0.1) is 0 Å². The van der Waals surface area contributed by atoms with E-state index in [4.69, 9.17) is 4.74 Å². The van der Waals surface area contributed by atoms with E-state index in [1.165, 1.54) is 6.92 Å². The average molecular weight is 440 g/mol. The van der Waals surface area contributed by atoms with Crippen LogP contribution in [0.5, 0.6) is 5.75 Å². The van der Waals surface area contributed by atoms with E-state index in [1.54, 1.807) is 31.4 Å². The number of benzene rings is 2. The predicted octanol–water partition coefficient (Wildman–Crippen LogP) is 1.53. The summed E-state index contributed by atoms with van der Waals surface area (Å²) in [6, 6.07) is 14.7. The standard InChI is InChI=1S/C23H29N5O4/c1-17(29)25-18-4-3-5-19(16-18)26-23(31)22(30)24-10-11-27-12-14-28(15-13-27)20-6-8-21(32-2)9-7-20/h3-9,16H,10-15H2,1-2H3,(H,24,30)(H,25,29)(H,26,31). The molecular weight excluding hydrogens is 410 g/mol. The summed E-state index contributed by atoms with van der Waals surface area (Å²) >= 11 is 0. The fraction of sp³-hybridized carbons (Fsp3) is 0.348. The van der Waals surface area contributed by atoms with Gasteiger partial charge in [0.1, 0.15) is 5.75 Å². The van der Waals surface area contributed by atoms with Gasteiger partial charge in [0.05, 0.1) is 7.11 Å². The molecule has 0 unspecified atom stereocenters. The highest BCUT2D eigenvalue weighted by Crippen LogP contribution is 2.20. The molecule has 32 heavy (non-hydrogen) atoms. The molecule has 0 aromatic heterocycles. The maximum Gasteiger partial charge on any atom is 0.313 e. The van der Waals surface area contributed by atoms with Crippen LogP contribution in [0.4, 0.5) is 17.1 Å². The normalized spacial score (nSPS) is 13.9. The van der Waals surface area contributed by atoms with Gasteiger partial charge in [0, 0.05) is 63.3 Å². The summed E-state index contributed by atoms with van der Waals surface area (Å²) in [5.74, 6) is -0.801. The van der Waals surface area contributed by atoms with E-state index in [-0.39, 0.29) is 5.91 Å². The maximum absolute atomic E-state index is 12.1. The monoisotopic (exact) mass is 439 g/mol. The first kappa shape index (κ1) is 23.1. The second-order valence-corrected chi connectivity index (χ2v) is 7.50. The lowest BCUT2D eigenvalue weighted by Crippen LogP contribution is -2.49. The highest BCUT2D eigenvalue weighted by atomic mass is 16.5. The number of amides is 3. The van der Waals surface area contributed by atoms with E-state index in [1.807, 2.05) is 12.1 Å². The van der Waals surface area contributed by atoms with Gasteiger partial charge >= 0.3 is 11.8 Å². The van der Waals surface area contributed by atoms with Crippen molar-refractivity contribution in [2.75, 3.05) is 61.9 Å². The Labute approximate surface area is 187 Å². The van der Waals surface area contributed by atoms with Crippen molar-refractivity contribution in [2.45, 2.75) is 6.92 Å². The van der Waals surface area contributed by atoms with Gasteiger partial charge < -0.3 is 25.6 Å². The topological polar surface area (TPSA) is 103 Å². The smallest absolute Gasteiger partial charge is 0.313 e. The van der Waals surface area contributed by atoms with E-state index >= 15 is 0 Å². The van der Waals surface area contributed by atoms with Crippen molar-refractivity contribution in [3.8, 4) is 5.75 Å². The van der Waals surface area contributed by atoms with Crippen molar-refractivity contribution in [3.05, 3.63) is 48.5 Å². The molecule has 0 aliphatic carbocycles. The molecule has 1 aliphatic rings. The number of methoxy groups -OCH3 is 1. The molecule has 2 aromatic rings. The number of nitrogens with zero attached hydrogens (tertiary/aromatic N) is 2. The van der Waals surface area contributed by atoms with Crippen molar-refractivity contribution >= 4 is 34.8 Å². The van der Waals surface area contributed by atoms with Crippen LogP contribution in [-0.4, -0.2) is 69.0 Å². The van der Waals surface area contributed by atoms with Crippen LogP contribution in [-0.2, 0) is 14.4 Å². The van der Waals surface area contributed by atoms with Crippen molar-refractivity contribution in [1.29, 1.82) is 0 Å². The van der Waals surface area contributed by atoms with E-state index in [2.05, 4.69) is 37.9 Å². The summed E-state index contributed by atoms with van der Waals surface area (Å²) in [5, 5.41) is 7.84. The first-order chi connectivity index (χ1) is 15.4. The lowest BCUT2D eigenvalue weighted by Gasteiger charge is -2.36. The van der Waals surface area contributed by atoms with E-state index < -0.39 is 11.8 Å². The fourth-order valence-corrected chi connectivity index (χ4v) is 3.50. The second kappa shape index (κ2) is 11.1. The quantitative estimate of drug-likeness (QED) is 0.566. The third-order valence-electron chi connectivity index (χ3n) is 5.17. The Morgan fingerprint density at radius 3 is 2.19 bits per heavy atom. The third kappa shape index (κ3) is 6.71. The van der Waals surface area contributed by atoms with Crippen LogP contribution < -0.4 is 25.6 Å². The Bertz CT molecular complexity index is 940. The average Bonchev–Trinajstić information content (AvgIpc) is 2.79. The molecule has 1 aliphatic heterocycles. The molecule has 0 spiro atoms.